The highest BCUT2D eigenvalue weighted by atomic mass is 16.5. The molecule has 0 fully saturated rings. The van der Waals surface area contributed by atoms with Gasteiger partial charge in [-0.3, -0.25) is 4.68 Å². The molecule has 0 atom stereocenters. The first-order valence-electron chi connectivity index (χ1n) is 4.65. The second-order valence-electron chi connectivity index (χ2n) is 3.48. The van der Waals surface area contributed by atoms with E-state index in [0.717, 1.165) is 16.5 Å². The normalized spacial score (nSPS) is 10.6. The van der Waals surface area contributed by atoms with Gasteiger partial charge >= 0.3 is 5.97 Å². The monoisotopic (exact) mass is 204 g/mol. The quantitative estimate of drug-likeness (QED) is 0.664. The van der Waals surface area contributed by atoms with Crippen LogP contribution in [0.5, 0.6) is 0 Å². The van der Waals surface area contributed by atoms with Crippen LogP contribution >= 0.6 is 0 Å². The molecular formula is C11H12N2O2. The van der Waals surface area contributed by atoms with E-state index in [0.29, 0.717) is 5.69 Å². The molecule has 0 saturated heterocycles. The number of rotatable bonds is 1. The zero-order valence-corrected chi connectivity index (χ0v) is 8.94. The van der Waals surface area contributed by atoms with Crippen molar-refractivity contribution in [3.63, 3.8) is 0 Å². The maximum Gasteiger partial charge on any atom is 0.356 e. The van der Waals surface area contributed by atoms with E-state index in [1.54, 1.807) is 11.7 Å². The van der Waals surface area contributed by atoms with E-state index in [9.17, 15) is 4.79 Å². The summed E-state index contributed by atoms with van der Waals surface area (Å²) >= 11 is 0. The lowest BCUT2D eigenvalue weighted by Crippen LogP contribution is -2.08. The predicted molar refractivity (Wildman–Crippen MR) is 56.8 cm³/mol. The number of hydrogen-bond donors (Lipinski definition) is 0. The van der Waals surface area contributed by atoms with Gasteiger partial charge in [-0.15, -0.1) is 0 Å². The zero-order chi connectivity index (χ0) is 11.0. The molecule has 15 heavy (non-hydrogen) atoms. The Hall–Kier alpha value is -1.84. The van der Waals surface area contributed by atoms with Gasteiger partial charge in [0.2, 0.25) is 0 Å². The second-order valence-corrected chi connectivity index (χ2v) is 3.48. The van der Waals surface area contributed by atoms with Crippen LogP contribution in [-0.2, 0) is 11.8 Å². The average Bonchev–Trinajstić information content (AvgIpc) is 2.52. The van der Waals surface area contributed by atoms with E-state index in [4.69, 9.17) is 4.74 Å². The third kappa shape index (κ3) is 1.48. The predicted octanol–water partition coefficient (Wildman–Crippen LogP) is 1.67. The van der Waals surface area contributed by atoms with Crippen LogP contribution in [-0.4, -0.2) is 22.9 Å². The van der Waals surface area contributed by atoms with E-state index < -0.39 is 0 Å². The Labute approximate surface area is 87.5 Å². The average molecular weight is 204 g/mol. The van der Waals surface area contributed by atoms with E-state index in [-0.39, 0.29) is 5.97 Å². The highest BCUT2D eigenvalue weighted by molar-refractivity contribution is 6.02. The van der Waals surface area contributed by atoms with Gasteiger partial charge in [-0.2, -0.15) is 5.10 Å². The number of ether oxygens (including phenoxy) is 1. The molecule has 0 N–H and O–H groups in total. The number of carbonyl (C=O) groups excluding carboxylic acids is 1. The Balaban J connectivity index is 2.76. The lowest BCUT2D eigenvalue weighted by molar-refractivity contribution is 0.0590. The van der Waals surface area contributed by atoms with Crippen molar-refractivity contribution in [2.75, 3.05) is 7.11 Å². The fraction of sp³-hybridized carbons (Fsp3) is 0.273. The van der Waals surface area contributed by atoms with Gasteiger partial charge in [0, 0.05) is 12.4 Å². The molecule has 0 aliphatic heterocycles. The van der Waals surface area contributed by atoms with Crippen LogP contribution in [0.3, 0.4) is 0 Å². The Morgan fingerprint density at radius 3 is 2.87 bits per heavy atom. The Bertz CT molecular complexity index is 529. The van der Waals surface area contributed by atoms with Crippen LogP contribution in [0.4, 0.5) is 0 Å². The summed E-state index contributed by atoms with van der Waals surface area (Å²) in [5.41, 5.74) is 2.40. The molecule has 0 spiro atoms. The van der Waals surface area contributed by atoms with Crippen molar-refractivity contribution in [3.8, 4) is 0 Å². The molecule has 1 aromatic heterocycles. The molecule has 0 bridgehead atoms. The van der Waals surface area contributed by atoms with Gasteiger partial charge in [0.05, 0.1) is 12.6 Å². The number of methoxy groups -OCH3 is 1. The Kier molecular flexibility index (Phi) is 2.19. The Morgan fingerprint density at radius 2 is 2.20 bits per heavy atom. The minimum Gasteiger partial charge on any atom is -0.464 e. The number of aryl methyl sites for hydroxylation is 2. The zero-order valence-electron chi connectivity index (χ0n) is 8.94. The van der Waals surface area contributed by atoms with Crippen molar-refractivity contribution >= 4 is 16.9 Å². The van der Waals surface area contributed by atoms with Crippen molar-refractivity contribution in [2.24, 2.45) is 7.05 Å². The van der Waals surface area contributed by atoms with E-state index in [1.165, 1.54) is 7.11 Å². The molecule has 2 aromatic rings. The molecular weight excluding hydrogens is 192 g/mol. The molecule has 1 aromatic carbocycles. The summed E-state index contributed by atoms with van der Waals surface area (Å²) < 4.78 is 6.28. The largest absolute Gasteiger partial charge is 0.464 e. The smallest absolute Gasteiger partial charge is 0.356 e. The van der Waals surface area contributed by atoms with Gasteiger partial charge in [-0.05, 0) is 19.1 Å². The van der Waals surface area contributed by atoms with Crippen LogP contribution in [0.1, 0.15) is 16.1 Å². The minimum atomic E-state index is -0.356. The van der Waals surface area contributed by atoms with Crippen LogP contribution in [0, 0.1) is 6.92 Å². The highest BCUT2D eigenvalue weighted by Gasteiger charge is 2.16. The lowest BCUT2D eigenvalue weighted by Gasteiger charge is -1.99. The van der Waals surface area contributed by atoms with E-state index in [2.05, 4.69) is 5.10 Å². The molecule has 0 saturated carbocycles. The van der Waals surface area contributed by atoms with E-state index >= 15 is 0 Å². The van der Waals surface area contributed by atoms with Gasteiger partial charge in [0.1, 0.15) is 0 Å². The number of esters is 1. The standard InChI is InChI=1S/C11H12N2O2/c1-7-4-5-9-8(6-7)10(11(14)15-3)13(2)12-9/h4-6H,1-3H3. The molecule has 4 heteroatoms. The maximum absolute atomic E-state index is 11.5. The molecule has 2 rings (SSSR count). The summed E-state index contributed by atoms with van der Waals surface area (Å²) in [6.07, 6.45) is 0. The fourth-order valence-electron chi connectivity index (χ4n) is 1.65. The Morgan fingerprint density at radius 1 is 1.47 bits per heavy atom. The summed E-state index contributed by atoms with van der Waals surface area (Å²) in [4.78, 5) is 11.5. The second kappa shape index (κ2) is 3.38. The molecule has 78 valence electrons. The van der Waals surface area contributed by atoms with Crippen LogP contribution < -0.4 is 0 Å². The topological polar surface area (TPSA) is 44.1 Å². The molecule has 0 unspecified atom stereocenters. The van der Waals surface area contributed by atoms with Crippen molar-refractivity contribution in [3.05, 3.63) is 29.5 Å². The number of nitrogens with zero attached hydrogens (tertiary/aromatic N) is 2. The van der Waals surface area contributed by atoms with E-state index in [1.807, 2.05) is 25.1 Å². The van der Waals surface area contributed by atoms with Crippen LogP contribution in [0.15, 0.2) is 18.2 Å². The number of benzene rings is 1. The number of hydrogen-bond acceptors (Lipinski definition) is 3. The van der Waals surface area contributed by atoms with Gasteiger partial charge < -0.3 is 4.74 Å². The number of carbonyl (C=O) groups is 1. The minimum absolute atomic E-state index is 0.356. The molecule has 1 heterocycles. The van der Waals surface area contributed by atoms with Gasteiger partial charge in [0.25, 0.3) is 0 Å². The molecule has 0 aliphatic carbocycles. The molecule has 0 amide bonds. The third-order valence-corrected chi connectivity index (χ3v) is 2.37. The van der Waals surface area contributed by atoms with Crippen LogP contribution in [0.25, 0.3) is 10.9 Å². The summed E-state index contributed by atoms with van der Waals surface area (Å²) in [6.45, 7) is 1.98. The van der Waals surface area contributed by atoms with Gasteiger partial charge in [0.15, 0.2) is 5.69 Å². The first kappa shape index (κ1) is 9.71. The summed E-state index contributed by atoms with van der Waals surface area (Å²) in [5.74, 6) is -0.356. The molecule has 4 nitrogen and oxygen atoms in total. The molecule has 0 aliphatic rings. The fourth-order valence-corrected chi connectivity index (χ4v) is 1.65. The number of fused-ring (bicyclic) bond motifs is 1. The summed E-state index contributed by atoms with van der Waals surface area (Å²) in [5, 5.41) is 5.08. The number of aromatic nitrogens is 2. The first-order valence-corrected chi connectivity index (χ1v) is 4.65. The third-order valence-electron chi connectivity index (χ3n) is 2.37. The van der Waals surface area contributed by atoms with Crippen LogP contribution in [0.2, 0.25) is 0 Å². The van der Waals surface area contributed by atoms with Gasteiger partial charge in [-0.25, -0.2) is 4.79 Å². The van der Waals surface area contributed by atoms with Crippen molar-refractivity contribution in [2.45, 2.75) is 6.92 Å². The molecule has 0 radical (unpaired) electrons. The van der Waals surface area contributed by atoms with Gasteiger partial charge in [-0.1, -0.05) is 11.6 Å². The van der Waals surface area contributed by atoms with Crippen molar-refractivity contribution < 1.29 is 9.53 Å². The summed E-state index contributed by atoms with van der Waals surface area (Å²) in [6, 6.07) is 5.81. The summed E-state index contributed by atoms with van der Waals surface area (Å²) in [7, 11) is 3.11. The lowest BCUT2D eigenvalue weighted by atomic mass is 10.1. The van der Waals surface area contributed by atoms with Crippen molar-refractivity contribution in [1.82, 2.24) is 9.78 Å². The highest BCUT2D eigenvalue weighted by Crippen LogP contribution is 2.19. The van der Waals surface area contributed by atoms with Crippen molar-refractivity contribution in [1.29, 1.82) is 0 Å². The SMILES string of the molecule is COC(=O)c1c2cc(C)ccc2nn1C. The maximum atomic E-state index is 11.5. The first-order chi connectivity index (χ1) is 7.13.